The van der Waals surface area contributed by atoms with E-state index < -0.39 is 0 Å². The maximum atomic E-state index is 5.82. The molecule has 0 spiro atoms. The van der Waals surface area contributed by atoms with E-state index in [0.29, 0.717) is 5.92 Å². The van der Waals surface area contributed by atoms with Gasteiger partial charge in [-0.25, -0.2) is 9.97 Å². The topological polar surface area (TPSA) is 38.2 Å². The summed E-state index contributed by atoms with van der Waals surface area (Å²) in [7, 11) is 3.98. The summed E-state index contributed by atoms with van der Waals surface area (Å²) in [6.45, 7) is 0.743. The Morgan fingerprint density at radius 2 is 2.10 bits per heavy atom. The monoisotopic (exact) mass is 269 g/mol. The lowest BCUT2D eigenvalue weighted by atomic mass is 9.94. The SMILES string of the molecule is CN(C)c1ccnc(C[C@H]2COc3ccccc3C2)n1. The molecule has 0 N–H and O–H groups in total. The van der Waals surface area contributed by atoms with Crippen LogP contribution in [-0.2, 0) is 12.8 Å². The molecule has 0 bridgehead atoms. The minimum absolute atomic E-state index is 0.447. The van der Waals surface area contributed by atoms with Crippen molar-refractivity contribution in [2.24, 2.45) is 5.92 Å². The van der Waals surface area contributed by atoms with E-state index >= 15 is 0 Å². The number of hydrogen-bond acceptors (Lipinski definition) is 4. The minimum atomic E-state index is 0.447. The van der Waals surface area contributed by atoms with E-state index in [1.54, 1.807) is 0 Å². The van der Waals surface area contributed by atoms with Crippen molar-refractivity contribution in [3.8, 4) is 5.75 Å². The summed E-state index contributed by atoms with van der Waals surface area (Å²) in [6.07, 6.45) is 3.72. The summed E-state index contributed by atoms with van der Waals surface area (Å²) in [5.74, 6) is 3.31. The summed E-state index contributed by atoms with van der Waals surface area (Å²) in [4.78, 5) is 11.0. The van der Waals surface area contributed by atoms with Gasteiger partial charge in [-0.05, 0) is 24.1 Å². The predicted molar refractivity (Wildman–Crippen MR) is 79.2 cm³/mol. The van der Waals surface area contributed by atoms with Gasteiger partial charge < -0.3 is 9.64 Å². The number of para-hydroxylation sites is 1. The Balaban J connectivity index is 1.72. The molecule has 1 atom stereocenters. The molecule has 1 aliphatic heterocycles. The number of fused-ring (bicyclic) bond motifs is 1. The van der Waals surface area contributed by atoms with Crippen LogP contribution in [-0.4, -0.2) is 30.7 Å². The van der Waals surface area contributed by atoms with Crippen LogP contribution in [0.25, 0.3) is 0 Å². The first kappa shape index (κ1) is 12.9. The van der Waals surface area contributed by atoms with Crippen molar-refractivity contribution >= 4 is 5.82 Å². The average molecular weight is 269 g/mol. The first-order valence-electron chi connectivity index (χ1n) is 6.92. The summed E-state index contributed by atoms with van der Waals surface area (Å²) >= 11 is 0. The standard InChI is InChI=1S/C16H19N3O/c1-19(2)16-7-8-17-15(18-16)10-12-9-13-5-3-4-6-14(13)20-11-12/h3-8,12H,9-11H2,1-2H3/t12-/m0/s1. The van der Waals surface area contributed by atoms with Crippen LogP contribution in [0.2, 0.25) is 0 Å². The van der Waals surface area contributed by atoms with Crippen LogP contribution >= 0.6 is 0 Å². The molecule has 1 aromatic heterocycles. The van der Waals surface area contributed by atoms with Gasteiger partial charge in [-0.15, -0.1) is 0 Å². The van der Waals surface area contributed by atoms with Crippen molar-refractivity contribution in [1.29, 1.82) is 0 Å². The quantitative estimate of drug-likeness (QED) is 0.857. The molecule has 3 rings (SSSR count). The molecule has 1 aromatic carbocycles. The molecule has 20 heavy (non-hydrogen) atoms. The smallest absolute Gasteiger partial charge is 0.131 e. The van der Waals surface area contributed by atoms with Crippen molar-refractivity contribution < 1.29 is 4.74 Å². The number of ether oxygens (including phenoxy) is 1. The zero-order valence-electron chi connectivity index (χ0n) is 11.9. The van der Waals surface area contributed by atoms with E-state index in [1.807, 2.05) is 43.4 Å². The van der Waals surface area contributed by atoms with E-state index in [4.69, 9.17) is 4.74 Å². The normalized spacial score (nSPS) is 17.2. The van der Waals surface area contributed by atoms with Gasteiger partial charge in [-0.3, -0.25) is 0 Å². The van der Waals surface area contributed by atoms with E-state index in [2.05, 4.69) is 22.1 Å². The molecule has 0 radical (unpaired) electrons. The maximum absolute atomic E-state index is 5.82. The van der Waals surface area contributed by atoms with Crippen LogP contribution in [0.3, 0.4) is 0 Å². The second-order valence-corrected chi connectivity index (χ2v) is 5.42. The molecular formula is C16H19N3O. The Morgan fingerprint density at radius 1 is 1.25 bits per heavy atom. The van der Waals surface area contributed by atoms with E-state index in [1.165, 1.54) is 5.56 Å². The second-order valence-electron chi connectivity index (χ2n) is 5.42. The van der Waals surface area contributed by atoms with Gasteiger partial charge in [0.1, 0.15) is 17.4 Å². The van der Waals surface area contributed by atoms with E-state index in [0.717, 1.165) is 36.8 Å². The molecule has 4 heteroatoms. The van der Waals surface area contributed by atoms with Gasteiger partial charge in [0.2, 0.25) is 0 Å². The van der Waals surface area contributed by atoms with Crippen LogP contribution in [0.15, 0.2) is 36.5 Å². The summed E-state index contributed by atoms with van der Waals surface area (Å²) in [5, 5.41) is 0. The number of hydrogen-bond donors (Lipinski definition) is 0. The van der Waals surface area contributed by atoms with Crippen molar-refractivity contribution in [3.63, 3.8) is 0 Å². The molecule has 2 aromatic rings. The fourth-order valence-electron chi connectivity index (χ4n) is 2.52. The van der Waals surface area contributed by atoms with Crippen molar-refractivity contribution in [3.05, 3.63) is 47.9 Å². The molecule has 4 nitrogen and oxygen atoms in total. The number of benzene rings is 1. The highest BCUT2D eigenvalue weighted by atomic mass is 16.5. The third kappa shape index (κ3) is 2.74. The van der Waals surface area contributed by atoms with E-state index in [-0.39, 0.29) is 0 Å². The van der Waals surface area contributed by atoms with Crippen LogP contribution in [0.1, 0.15) is 11.4 Å². The maximum Gasteiger partial charge on any atom is 0.131 e. The highest BCUT2D eigenvalue weighted by Crippen LogP contribution is 2.28. The number of anilines is 1. The molecule has 0 fully saturated rings. The molecule has 0 amide bonds. The van der Waals surface area contributed by atoms with Gasteiger partial charge >= 0.3 is 0 Å². The van der Waals surface area contributed by atoms with Gasteiger partial charge in [0.25, 0.3) is 0 Å². The van der Waals surface area contributed by atoms with Crippen LogP contribution in [0.5, 0.6) is 5.75 Å². The van der Waals surface area contributed by atoms with Crippen molar-refractivity contribution in [1.82, 2.24) is 9.97 Å². The number of rotatable bonds is 3. The minimum Gasteiger partial charge on any atom is -0.493 e. The molecule has 0 unspecified atom stereocenters. The Bertz CT molecular complexity index is 598. The molecule has 1 aliphatic rings. The average Bonchev–Trinajstić information content (AvgIpc) is 2.47. The molecule has 2 heterocycles. The van der Waals surface area contributed by atoms with Gasteiger partial charge in [-0.1, -0.05) is 18.2 Å². The van der Waals surface area contributed by atoms with E-state index in [9.17, 15) is 0 Å². The Kier molecular flexibility index (Phi) is 3.54. The third-order valence-corrected chi connectivity index (χ3v) is 3.58. The molecule has 104 valence electrons. The third-order valence-electron chi connectivity index (χ3n) is 3.58. The Hall–Kier alpha value is -2.10. The van der Waals surface area contributed by atoms with Crippen LogP contribution in [0, 0.1) is 5.92 Å². The fourth-order valence-corrected chi connectivity index (χ4v) is 2.52. The lowest BCUT2D eigenvalue weighted by molar-refractivity contribution is 0.219. The summed E-state index contributed by atoms with van der Waals surface area (Å²) in [5.41, 5.74) is 1.28. The predicted octanol–water partition coefficient (Wildman–Crippen LogP) is 2.34. The lowest BCUT2D eigenvalue weighted by Gasteiger charge is -2.24. The Labute approximate surface area is 119 Å². The van der Waals surface area contributed by atoms with Crippen molar-refractivity contribution in [2.75, 3.05) is 25.6 Å². The fraction of sp³-hybridized carbons (Fsp3) is 0.375. The molecule has 0 saturated heterocycles. The largest absolute Gasteiger partial charge is 0.493 e. The first-order valence-corrected chi connectivity index (χ1v) is 6.92. The zero-order chi connectivity index (χ0) is 13.9. The summed E-state index contributed by atoms with van der Waals surface area (Å²) in [6, 6.07) is 10.2. The molecule has 0 aliphatic carbocycles. The zero-order valence-corrected chi connectivity index (χ0v) is 11.9. The number of nitrogens with zero attached hydrogens (tertiary/aromatic N) is 3. The first-order chi connectivity index (χ1) is 9.72. The van der Waals surface area contributed by atoms with Gasteiger partial charge in [0, 0.05) is 32.6 Å². The second kappa shape index (κ2) is 5.49. The van der Waals surface area contributed by atoms with Crippen LogP contribution in [0.4, 0.5) is 5.82 Å². The lowest BCUT2D eigenvalue weighted by Crippen LogP contribution is -2.24. The summed E-state index contributed by atoms with van der Waals surface area (Å²) < 4.78 is 5.82. The highest BCUT2D eigenvalue weighted by molar-refractivity contribution is 5.36. The molecular weight excluding hydrogens is 250 g/mol. The van der Waals surface area contributed by atoms with Gasteiger partial charge in [0.05, 0.1) is 6.61 Å². The highest BCUT2D eigenvalue weighted by Gasteiger charge is 2.20. The van der Waals surface area contributed by atoms with Crippen molar-refractivity contribution in [2.45, 2.75) is 12.8 Å². The van der Waals surface area contributed by atoms with Gasteiger partial charge in [0.15, 0.2) is 0 Å². The molecule has 0 saturated carbocycles. The number of aromatic nitrogens is 2. The van der Waals surface area contributed by atoms with Crippen LogP contribution < -0.4 is 9.64 Å². The van der Waals surface area contributed by atoms with Gasteiger partial charge in [-0.2, -0.15) is 0 Å². The Morgan fingerprint density at radius 3 is 2.95 bits per heavy atom.